The minimum Gasteiger partial charge on any atom is -0.493 e. The summed E-state index contributed by atoms with van der Waals surface area (Å²) in [7, 11) is 3.54. The lowest BCUT2D eigenvalue weighted by molar-refractivity contribution is 0.0729. The Hall–Kier alpha value is -2.60. The average Bonchev–Trinajstić information content (AvgIpc) is 2.63. The first-order valence-electron chi connectivity index (χ1n) is 8.16. The molecule has 0 bridgehead atoms. The molecule has 2 aromatic rings. The van der Waals surface area contributed by atoms with E-state index in [4.69, 9.17) is 9.47 Å². The first-order chi connectivity index (χ1) is 12.1. The Bertz CT molecular complexity index is 758. The Labute approximate surface area is 146 Å². The maximum atomic E-state index is 14.5. The zero-order chi connectivity index (χ0) is 17.8. The van der Waals surface area contributed by atoms with Crippen molar-refractivity contribution in [2.45, 2.75) is 0 Å². The smallest absolute Gasteiger partial charge is 0.343 e. The number of ether oxygens (including phenoxy) is 2. The molecule has 0 saturated carbocycles. The van der Waals surface area contributed by atoms with E-state index in [0.717, 1.165) is 26.2 Å². The molecule has 5 nitrogen and oxygen atoms in total. The van der Waals surface area contributed by atoms with E-state index in [1.165, 1.54) is 13.2 Å². The van der Waals surface area contributed by atoms with Gasteiger partial charge in [0.2, 0.25) is 0 Å². The molecule has 0 N–H and O–H groups in total. The van der Waals surface area contributed by atoms with Gasteiger partial charge in [0.15, 0.2) is 11.5 Å². The molecule has 0 spiro atoms. The van der Waals surface area contributed by atoms with Crippen molar-refractivity contribution in [2.24, 2.45) is 0 Å². The van der Waals surface area contributed by atoms with Crippen LogP contribution in [0.5, 0.6) is 11.5 Å². The van der Waals surface area contributed by atoms with Gasteiger partial charge >= 0.3 is 5.97 Å². The van der Waals surface area contributed by atoms with Gasteiger partial charge in [-0.25, -0.2) is 9.18 Å². The van der Waals surface area contributed by atoms with E-state index in [1.54, 1.807) is 36.4 Å². The van der Waals surface area contributed by atoms with E-state index < -0.39 is 11.8 Å². The summed E-state index contributed by atoms with van der Waals surface area (Å²) in [5.74, 6) is -0.281. The molecule has 25 heavy (non-hydrogen) atoms. The minimum absolute atomic E-state index is 0.168. The highest BCUT2D eigenvalue weighted by molar-refractivity contribution is 5.91. The third-order valence-corrected chi connectivity index (χ3v) is 4.30. The van der Waals surface area contributed by atoms with Crippen LogP contribution in [0, 0.1) is 5.82 Å². The fourth-order valence-electron chi connectivity index (χ4n) is 2.80. The summed E-state index contributed by atoms with van der Waals surface area (Å²) in [5, 5.41) is 0. The molecule has 2 aromatic carbocycles. The van der Waals surface area contributed by atoms with Crippen LogP contribution in [0.2, 0.25) is 0 Å². The zero-order valence-corrected chi connectivity index (χ0v) is 14.4. The molecular formula is C19H21FN2O3. The molecule has 6 heteroatoms. The highest BCUT2D eigenvalue weighted by atomic mass is 19.1. The first-order valence-corrected chi connectivity index (χ1v) is 8.16. The van der Waals surface area contributed by atoms with Crippen LogP contribution in [0.25, 0.3) is 0 Å². The van der Waals surface area contributed by atoms with Crippen molar-refractivity contribution in [3.8, 4) is 11.5 Å². The Morgan fingerprint density at radius 3 is 2.36 bits per heavy atom. The molecule has 0 amide bonds. The van der Waals surface area contributed by atoms with Gasteiger partial charge in [-0.15, -0.1) is 0 Å². The molecule has 3 rings (SSSR count). The second-order valence-electron chi connectivity index (χ2n) is 6.00. The number of likely N-dealkylation sites (N-methyl/N-ethyl adjacent to an activating group) is 1. The van der Waals surface area contributed by atoms with Crippen LogP contribution < -0.4 is 14.4 Å². The van der Waals surface area contributed by atoms with E-state index >= 15 is 0 Å². The molecule has 0 atom stereocenters. The van der Waals surface area contributed by atoms with Crippen LogP contribution in [0.4, 0.5) is 10.1 Å². The average molecular weight is 344 g/mol. The van der Waals surface area contributed by atoms with Gasteiger partial charge in [-0.2, -0.15) is 0 Å². The van der Waals surface area contributed by atoms with Gasteiger partial charge in [0.25, 0.3) is 0 Å². The van der Waals surface area contributed by atoms with Crippen molar-refractivity contribution in [3.05, 3.63) is 53.8 Å². The quantitative estimate of drug-likeness (QED) is 0.630. The van der Waals surface area contributed by atoms with Gasteiger partial charge in [0.05, 0.1) is 18.4 Å². The molecule has 1 fully saturated rings. The SMILES string of the molecule is COc1ccccc1OC(=O)c1ccc(N2CCN(C)CC2)c(F)c1. The molecule has 132 valence electrons. The third-order valence-electron chi connectivity index (χ3n) is 4.30. The van der Waals surface area contributed by atoms with Crippen LogP contribution in [-0.4, -0.2) is 51.2 Å². The highest BCUT2D eigenvalue weighted by Gasteiger charge is 2.19. The molecule has 0 aromatic heterocycles. The van der Waals surface area contributed by atoms with Gasteiger partial charge in [0, 0.05) is 26.2 Å². The number of piperazine rings is 1. The number of anilines is 1. The number of esters is 1. The van der Waals surface area contributed by atoms with E-state index in [1.807, 2.05) is 11.9 Å². The summed E-state index contributed by atoms with van der Waals surface area (Å²) in [6, 6.07) is 11.3. The van der Waals surface area contributed by atoms with E-state index in [0.29, 0.717) is 17.2 Å². The summed E-state index contributed by atoms with van der Waals surface area (Å²) in [5.41, 5.74) is 0.684. The van der Waals surface area contributed by atoms with Gasteiger partial charge in [-0.05, 0) is 37.4 Å². The number of halogens is 1. The van der Waals surface area contributed by atoms with Gasteiger partial charge in [-0.1, -0.05) is 12.1 Å². The lowest BCUT2D eigenvalue weighted by atomic mass is 10.1. The van der Waals surface area contributed by atoms with Crippen molar-refractivity contribution in [1.82, 2.24) is 4.90 Å². The van der Waals surface area contributed by atoms with Crippen molar-refractivity contribution >= 4 is 11.7 Å². The standard InChI is InChI=1S/C19H21FN2O3/c1-21-9-11-22(12-10-21)16-8-7-14(13-15(16)20)19(23)25-18-6-4-3-5-17(18)24-2/h3-8,13H,9-12H2,1-2H3. The van der Waals surface area contributed by atoms with E-state index in [9.17, 15) is 9.18 Å². The fourth-order valence-corrected chi connectivity index (χ4v) is 2.80. The molecule has 0 radical (unpaired) electrons. The van der Waals surface area contributed by atoms with Gasteiger partial charge in [-0.3, -0.25) is 0 Å². The number of hydrogen-bond acceptors (Lipinski definition) is 5. The molecule has 1 aliphatic heterocycles. The number of para-hydroxylation sites is 2. The van der Waals surface area contributed by atoms with E-state index in [2.05, 4.69) is 4.90 Å². The first kappa shape index (κ1) is 17.2. The number of carbonyl (C=O) groups excluding carboxylic acids is 1. The summed E-state index contributed by atoms with van der Waals surface area (Å²) >= 11 is 0. The maximum absolute atomic E-state index is 14.5. The zero-order valence-electron chi connectivity index (χ0n) is 14.4. The summed E-state index contributed by atoms with van der Waals surface area (Å²) < 4.78 is 25.0. The number of benzene rings is 2. The predicted molar refractivity (Wildman–Crippen MR) is 94.1 cm³/mol. The predicted octanol–water partition coefficient (Wildman–Crippen LogP) is 2.81. The molecule has 1 aliphatic rings. The largest absolute Gasteiger partial charge is 0.493 e. The fraction of sp³-hybridized carbons (Fsp3) is 0.316. The highest BCUT2D eigenvalue weighted by Crippen LogP contribution is 2.27. The van der Waals surface area contributed by atoms with Gasteiger partial charge in [0.1, 0.15) is 5.82 Å². The Morgan fingerprint density at radius 2 is 1.72 bits per heavy atom. The third kappa shape index (κ3) is 3.91. The maximum Gasteiger partial charge on any atom is 0.343 e. The minimum atomic E-state index is -0.617. The lowest BCUT2D eigenvalue weighted by Gasteiger charge is -2.34. The van der Waals surface area contributed by atoms with E-state index in [-0.39, 0.29) is 5.56 Å². The second kappa shape index (κ2) is 7.53. The molecule has 0 unspecified atom stereocenters. The molecule has 1 saturated heterocycles. The van der Waals surface area contributed by atoms with Crippen LogP contribution in [0.15, 0.2) is 42.5 Å². The Balaban J connectivity index is 1.75. The summed E-state index contributed by atoms with van der Waals surface area (Å²) in [6.45, 7) is 3.30. The van der Waals surface area contributed by atoms with Crippen LogP contribution in [-0.2, 0) is 0 Å². The summed E-state index contributed by atoms with van der Waals surface area (Å²) in [6.07, 6.45) is 0. The number of rotatable bonds is 4. The molecule has 1 heterocycles. The topological polar surface area (TPSA) is 42.0 Å². The number of carbonyl (C=O) groups is 1. The Kier molecular flexibility index (Phi) is 5.19. The van der Waals surface area contributed by atoms with Crippen molar-refractivity contribution in [1.29, 1.82) is 0 Å². The van der Waals surface area contributed by atoms with Crippen molar-refractivity contribution < 1.29 is 18.7 Å². The summed E-state index contributed by atoms with van der Waals surface area (Å²) in [4.78, 5) is 16.5. The number of nitrogens with zero attached hydrogens (tertiary/aromatic N) is 2. The molecule has 0 aliphatic carbocycles. The van der Waals surface area contributed by atoms with Crippen LogP contribution >= 0.6 is 0 Å². The van der Waals surface area contributed by atoms with Crippen molar-refractivity contribution in [2.75, 3.05) is 45.2 Å². The number of methoxy groups -OCH3 is 1. The normalized spacial score (nSPS) is 15.1. The number of hydrogen-bond donors (Lipinski definition) is 0. The monoisotopic (exact) mass is 344 g/mol. The lowest BCUT2D eigenvalue weighted by Crippen LogP contribution is -2.44. The Morgan fingerprint density at radius 1 is 1.04 bits per heavy atom. The van der Waals surface area contributed by atoms with Crippen LogP contribution in [0.1, 0.15) is 10.4 Å². The molecular weight excluding hydrogens is 323 g/mol. The second-order valence-corrected chi connectivity index (χ2v) is 6.00. The van der Waals surface area contributed by atoms with Crippen molar-refractivity contribution in [3.63, 3.8) is 0 Å². The van der Waals surface area contributed by atoms with Crippen LogP contribution in [0.3, 0.4) is 0 Å². The van der Waals surface area contributed by atoms with Gasteiger partial charge < -0.3 is 19.3 Å².